The number of benzene rings is 1. The highest BCUT2D eigenvalue weighted by Crippen LogP contribution is 2.31. The summed E-state index contributed by atoms with van der Waals surface area (Å²) in [5, 5.41) is 0.759. The molecule has 0 saturated heterocycles. The molecule has 0 aliphatic heterocycles. The van der Waals surface area contributed by atoms with Crippen LogP contribution in [0, 0.1) is 0 Å². The molecule has 0 aliphatic carbocycles. The van der Waals surface area contributed by atoms with Crippen LogP contribution in [-0.4, -0.2) is 37.7 Å². The molecule has 5 heteroatoms. The Balaban J connectivity index is 3.07. The fraction of sp³-hybridized carbons (Fsp3) is 0.600. The molecule has 0 aliphatic rings. The Kier molecular flexibility index (Phi) is 8.07. The van der Waals surface area contributed by atoms with Crippen LogP contribution in [0.15, 0.2) is 22.7 Å². The smallest absolute Gasteiger partial charge is 0.0590 e. The summed E-state index contributed by atoms with van der Waals surface area (Å²) in [6, 6.07) is 6.44. The highest BCUT2D eigenvalue weighted by Gasteiger charge is 2.24. The molecule has 0 heterocycles. The molecule has 2 N–H and O–H groups in total. The van der Waals surface area contributed by atoms with Gasteiger partial charge in [-0.25, -0.2) is 0 Å². The highest BCUT2D eigenvalue weighted by molar-refractivity contribution is 9.10. The van der Waals surface area contributed by atoms with Gasteiger partial charge in [-0.05, 0) is 37.1 Å². The zero-order valence-electron chi connectivity index (χ0n) is 12.4. The van der Waals surface area contributed by atoms with Crippen molar-refractivity contribution in [2.75, 3.05) is 26.8 Å². The van der Waals surface area contributed by atoms with Crippen molar-refractivity contribution in [1.29, 1.82) is 0 Å². The zero-order valence-corrected chi connectivity index (χ0v) is 14.7. The molecule has 1 aromatic carbocycles. The molecule has 20 heavy (non-hydrogen) atoms. The van der Waals surface area contributed by atoms with Crippen molar-refractivity contribution < 1.29 is 4.74 Å². The molecule has 0 radical (unpaired) electrons. The molecule has 3 nitrogen and oxygen atoms in total. The molecular weight excluding hydrogens is 340 g/mol. The fourth-order valence-corrected chi connectivity index (χ4v) is 2.95. The van der Waals surface area contributed by atoms with Gasteiger partial charge in [0.15, 0.2) is 0 Å². The summed E-state index contributed by atoms with van der Waals surface area (Å²) in [5.74, 6) is 0. The minimum atomic E-state index is 0.102. The first-order chi connectivity index (χ1) is 9.54. The lowest BCUT2D eigenvalue weighted by Gasteiger charge is -2.36. The van der Waals surface area contributed by atoms with Crippen LogP contribution < -0.4 is 5.73 Å². The van der Waals surface area contributed by atoms with Crippen molar-refractivity contribution in [2.24, 2.45) is 5.73 Å². The average Bonchev–Trinajstić information content (AvgIpc) is 2.45. The maximum atomic E-state index is 6.36. The van der Waals surface area contributed by atoms with E-state index in [0.717, 1.165) is 28.0 Å². The number of hydrogen-bond donors (Lipinski definition) is 1. The van der Waals surface area contributed by atoms with Crippen LogP contribution >= 0.6 is 27.5 Å². The first kappa shape index (κ1) is 17.9. The van der Waals surface area contributed by atoms with Gasteiger partial charge in [0.05, 0.1) is 6.61 Å². The second-order valence-electron chi connectivity index (χ2n) is 4.91. The largest absolute Gasteiger partial charge is 0.383 e. The predicted octanol–water partition coefficient (Wildman–Crippen LogP) is 3.85. The Hall–Kier alpha value is -0.130. The minimum Gasteiger partial charge on any atom is -0.383 e. The van der Waals surface area contributed by atoms with Crippen LogP contribution in [0.4, 0.5) is 0 Å². The molecular formula is C15H24BrClN2O. The van der Waals surface area contributed by atoms with Crippen LogP contribution in [0.5, 0.6) is 0 Å². The quantitative estimate of drug-likeness (QED) is 0.762. The Morgan fingerprint density at radius 2 is 2.15 bits per heavy atom. The summed E-state index contributed by atoms with van der Waals surface area (Å²) in [6.07, 6.45) is 1.06. The molecule has 0 saturated carbocycles. The van der Waals surface area contributed by atoms with E-state index in [0.29, 0.717) is 19.2 Å². The van der Waals surface area contributed by atoms with Gasteiger partial charge in [0.25, 0.3) is 0 Å². The fourth-order valence-electron chi connectivity index (χ4n) is 2.33. The number of methoxy groups -OCH3 is 1. The van der Waals surface area contributed by atoms with E-state index in [1.807, 2.05) is 12.1 Å². The molecule has 1 aromatic rings. The van der Waals surface area contributed by atoms with Crippen molar-refractivity contribution in [3.05, 3.63) is 33.3 Å². The molecule has 0 amide bonds. The maximum Gasteiger partial charge on any atom is 0.0590 e. The standard InChI is InChI=1S/C15H24BrClN2O/c1-4-11(2)19(7-8-20-3)15(10-18)13-9-12(16)5-6-14(13)17/h5-6,9,11,15H,4,7-8,10,18H2,1-3H3. The molecule has 2 unspecified atom stereocenters. The summed E-state index contributed by atoms with van der Waals surface area (Å²) in [7, 11) is 1.72. The molecule has 0 bridgehead atoms. The summed E-state index contributed by atoms with van der Waals surface area (Å²) < 4.78 is 6.25. The van der Waals surface area contributed by atoms with Gasteiger partial charge in [0.1, 0.15) is 0 Å². The Labute approximate surface area is 135 Å². The van der Waals surface area contributed by atoms with Crippen molar-refractivity contribution in [3.63, 3.8) is 0 Å². The number of ether oxygens (including phenoxy) is 1. The number of nitrogens with zero attached hydrogens (tertiary/aromatic N) is 1. The second kappa shape index (κ2) is 9.00. The lowest BCUT2D eigenvalue weighted by atomic mass is 10.0. The Morgan fingerprint density at radius 3 is 2.70 bits per heavy atom. The van der Waals surface area contributed by atoms with Crippen LogP contribution in [0.3, 0.4) is 0 Å². The van der Waals surface area contributed by atoms with Gasteiger partial charge in [-0.3, -0.25) is 4.90 Å². The normalized spacial score (nSPS) is 14.6. The van der Waals surface area contributed by atoms with E-state index < -0.39 is 0 Å². The van der Waals surface area contributed by atoms with Crippen molar-refractivity contribution in [3.8, 4) is 0 Å². The zero-order chi connectivity index (χ0) is 15.1. The van der Waals surface area contributed by atoms with Gasteiger partial charge >= 0.3 is 0 Å². The number of hydrogen-bond acceptors (Lipinski definition) is 3. The van der Waals surface area contributed by atoms with E-state index in [9.17, 15) is 0 Å². The topological polar surface area (TPSA) is 38.5 Å². The van der Waals surface area contributed by atoms with Crippen LogP contribution in [-0.2, 0) is 4.74 Å². The van der Waals surface area contributed by atoms with E-state index in [-0.39, 0.29) is 6.04 Å². The Morgan fingerprint density at radius 1 is 1.45 bits per heavy atom. The van der Waals surface area contributed by atoms with E-state index in [1.165, 1.54) is 0 Å². The van der Waals surface area contributed by atoms with Crippen molar-refractivity contribution in [2.45, 2.75) is 32.4 Å². The molecule has 114 valence electrons. The number of halogens is 2. The maximum absolute atomic E-state index is 6.36. The first-order valence-electron chi connectivity index (χ1n) is 6.94. The average molecular weight is 364 g/mol. The summed E-state index contributed by atoms with van der Waals surface area (Å²) in [4.78, 5) is 2.37. The summed E-state index contributed by atoms with van der Waals surface area (Å²) in [5.41, 5.74) is 7.10. The van der Waals surface area contributed by atoms with Gasteiger partial charge in [-0.2, -0.15) is 0 Å². The third kappa shape index (κ3) is 4.71. The van der Waals surface area contributed by atoms with Gasteiger partial charge in [-0.1, -0.05) is 34.5 Å². The SMILES string of the molecule is CCC(C)N(CCOC)C(CN)c1cc(Br)ccc1Cl. The number of nitrogens with two attached hydrogens (primary N) is 1. The van der Waals surface area contributed by atoms with Gasteiger partial charge < -0.3 is 10.5 Å². The van der Waals surface area contributed by atoms with E-state index in [2.05, 4.69) is 40.7 Å². The lowest BCUT2D eigenvalue weighted by molar-refractivity contribution is 0.0902. The first-order valence-corrected chi connectivity index (χ1v) is 8.11. The van der Waals surface area contributed by atoms with Crippen molar-refractivity contribution in [1.82, 2.24) is 4.90 Å². The minimum absolute atomic E-state index is 0.102. The lowest BCUT2D eigenvalue weighted by Crippen LogP contribution is -2.41. The summed E-state index contributed by atoms with van der Waals surface area (Å²) in [6.45, 7) is 6.46. The van der Waals surface area contributed by atoms with Crippen LogP contribution in [0.1, 0.15) is 31.9 Å². The van der Waals surface area contributed by atoms with Gasteiger partial charge in [0, 0.05) is 41.8 Å². The van der Waals surface area contributed by atoms with Crippen molar-refractivity contribution >= 4 is 27.5 Å². The third-order valence-electron chi connectivity index (χ3n) is 3.65. The third-order valence-corrected chi connectivity index (χ3v) is 4.49. The monoisotopic (exact) mass is 362 g/mol. The van der Waals surface area contributed by atoms with Crippen LogP contribution in [0.25, 0.3) is 0 Å². The summed E-state index contributed by atoms with van der Waals surface area (Å²) >= 11 is 9.87. The van der Waals surface area contributed by atoms with E-state index in [4.69, 9.17) is 22.1 Å². The second-order valence-corrected chi connectivity index (χ2v) is 6.23. The van der Waals surface area contributed by atoms with Gasteiger partial charge in [0.2, 0.25) is 0 Å². The molecule has 1 rings (SSSR count). The molecule has 0 fully saturated rings. The molecule has 0 spiro atoms. The number of rotatable bonds is 8. The predicted molar refractivity (Wildman–Crippen MR) is 89.3 cm³/mol. The molecule has 2 atom stereocenters. The molecule has 0 aromatic heterocycles. The highest BCUT2D eigenvalue weighted by atomic mass is 79.9. The van der Waals surface area contributed by atoms with E-state index in [1.54, 1.807) is 7.11 Å². The van der Waals surface area contributed by atoms with E-state index >= 15 is 0 Å². The van der Waals surface area contributed by atoms with Gasteiger partial charge in [-0.15, -0.1) is 0 Å². The Bertz CT molecular complexity index is 417. The van der Waals surface area contributed by atoms with Crippen LogP contribution in [0.2, 0.25) is 5.02 Å².